The van der Waals surface area contributed by atoms with Crippen LogP contribution in [0.1, 0.15) is 37.4 Å². The van der Waals surface area contributed by atoms with Crippen molar-refractivity contribution in [2.24, 2.45) is 11.8 Å². The maximum absolute atomic E-state index is 13.1. The number of hydrogen-bond donors (Lipinski definition) is 2. The molecule has 2 nitrogen and oxygen atoms in total. The highest BCUT2D eigenvalue weighted by molar-refractivity contribution is 5.19. The first-order chi connectivity index (χ1) is 8.74. The van der Waals surface area contributed by atoms with E-state index in [1.54, 1.807) is 12.1 Å². The van der Waals surface area contributed by atoms with Gasteiger partial charge in [0.25, 0.3) is 0 Å². The Morgan fingerprint density at radius 2 is 1.89 bits per heavy atom. The summed E-state index contributed by atoms with van der Waals surface area (Å²) in [5.74, 6) is 1.35. The fourth-order valence-electron chi connectivity index (χ4n) is 2.71. The van der Waals surface area contributed by atoms with Gasteiger partial charge in [-0.1, -0.05) is 12.1 Å². The Morgan fingerprint density at radius 3 is 2.44 bits per heavy atom. The predicted molar refractivity (Wildman–Crippen MR) is 68.6 cm³/mol. The molecule has 18 heavy (non-hydrogen) atoms. The van der Waals surface area contributed by atoms with Crippen molar-refractivity contribution in [3.63, 3.8) is 0 Å². The van der Waals surface area contributed by atoms with Gasteiger partial charge in [0, 0.05) is 12.6 Å². The summed E-state index contributed by atoms with van der Waals surface area (Å²) in [5.41, 5.74) is 0.660. The lowest BCUT2D eigenvalue weighted by molar-refractivity contribution is 0.165. The van der Waals surface area contributed by atoms with Crippen LogP contribution in [-0.4, -0.2) is 17.7 Å². The summed E-state index contributed by atoms with van der Waals surface area (Å²) < 4.78 is 13.1. The van der Waals surface area contributed by atoms with Crippen LogP contribution in [0.3, 0.4) is 0 Å². The second kappa shape index (κ2) is 4.98. The zero-order valence-electron chi connectivity index (χ0n) is 10.5. The van der Waals surface area contributed by atoms with Crippen LogP contribution >= 0.6 is 0 Å². The Kier molecular flexibility index (Phi) is 3.35. The second-order valence-electron chi connectivity index (χ2n) is 5.68. The van der Waals surface area contributed by atoms with Gasteiger partial charge < -0.3 is 10.4 Å². The van der Waals surface area contributed by atoms with Gasteiger partial charge in [-0.15, -0.1) is 0 Å². The molecule has 0 heterocycles. The van der Waals surface area contributed by atoms with Gasteiger partial charge in [-0.3, -0.25) is 0 Å². The molecular weight excluding hydrogens is 229 g/mol. The largest absolute Gasteiger partial charge is 0.387 e. The number of aliphatic hydroxyl groups excluding tert-OH is 1. The molecule has 2 aliphatic carbocycles. The minimum absolute atomic E-state index is 0.285. The standard InChI is InChI=1S/C15H20FNO/c16-13-3-1-2-12(8-13)14(18)9-17-15(10-4-5-10)11-6-7-11/h1-3,8,10-11,14-15,17-18H,4-7,9H2. The van der Waals surface area contributed by atoms with E-state index >= 15 is 0 Å². The van der Waals surface area contributed by atoms with Crippen LogP contribution < -0.4 is 5.32 Å². The van der Waals surface area contributed by atoms with Crippen LogP contribution in [0.5, 0.6) is 0 Å². The summed E-state index contributed by atoms with van der Waals surface area (Å²) in [6, 6.07) is 6.82. The van der Waals surface area contributed by atoms with E-state index in [0.29, 0.717) is 18.2 Å². The zero-order chi connectivity index (χ0) is 12.5. The van der Waals surface area contributed by atoms with Crippen molar-refractivity contribution in [2.75, 3.05) is 6.54 Å². The molecule has 2 saturated carbocycles. The molecule has 0 aliphatic heterocycles. The minimum atomic E-state index is -0.610. The van der Waals surface area contributed by atoms with E-state index in [-0.39, 0.29) is 5.82 Å². The average molecular weight is 249 g/mol. The van der Waals surface area contributed by atoms with E-state index in [2.05, 4.69) is 5.32 Å². The maximum atomic E-state index is 13.1. The summed E-state index contributed by atoms with van der Waals surface area (Å²) in [7, 11) is 0. The lowest BCUT2D eigenvalue weighted by Gasteiger charge is -2.20. The van der Waals surface area contributed by atoms with Crippen LogP contribution in [0.15, 0.2) is 24.3 Å². The van der Waals surface area contributed by atoms with Crippen LogP contribution in [-0.2, 0) is 0 Å². The average Bonchev–Trinajstić information content (AvgIpc) is 3.23. The second-order valence-corrected chi connectivity index (χ2v) is 5.68. The SMILES string of the molecule is OC(CNC(C1CC1)C1CC1)c1cccc(F)c1. The maximum Gasteiger partial charge on any atom is 0.123 e. The lowest BCUT2D eigenvalue weighted by atomic mass is 10.1. The quantitative estimate of drug-likeness (QED) is 0.812. The fourth-order valence-corrected chi connectivity index (χ4v) is 2.71. The third-order valence-electron chi connectivity index (χ3n) is 4.04. The predicted octanol–water partition coefficient (Wildman–Crippen LogP) is 2.64. The molecule has 0 spiro atoms. The number of halogens is 1. The molecule has 1 atom stereocenters. The summed E-state index contributed by atoms with van der Waals surface area (Å²) in [6.07, 6.45) is 4.68. The Labute approximate surface area is 107 Å². The molecule has 1 unspecified atom stereocenters. The van der Waals surface area contributed by atoms with Crippen LogP contribution in [0.4, 0.5) is 4.39 Å². The van der Waals surface area contributed by atoms with E-state index in [1.807, 2.05) is 0 Å². The first-order valence-corrected chi connectivity index (χ1v) is 6.91. The van der Waals surface area contributed by atoms with Crippen LogP contribution in [0, 0.1) is 17.7 Å². The molecule has 1 aromatic rings. The van der Waals surface area contributed by atoms with Crippen molar-refractivity contribution in [3.05, 3.63) is 35.6 Å². The van der Waals surface area contributed by atoms with Crippen molar-refractivity contribution in [1.29, 1.82) is 0 Å². The molecule has 2 aliphatic rings. The highest BCUT2D eigenvalue weighted by atomic mass is 19.1. The summed E-state index contributed by atoms with van der Waals surface area (Å²) >= 11 is 0. The third-order valence-corrected chi connectivity index (χ3v) is 4.04. The van der Waals surface area contributed by atoms with Gasteiger partial charge in [-0.05, 0) is 55.2 Å². The topological polar surface area (TPSA) is 32.3 Å². The number of nitrogens with one attached hydrogen (secondary N) is 1. The summed E-state index contributed by atoms with van der Waals surface area (Å²) in [5, 5.41) is 13.6. The van der Waals surface area contributed by atoms with Crippen LogP contribution in [0.25, 0.3) is 0 Å². The number of benzene rings is 1. The van der Waals surface area contributed by atoms with Gasteiger partial charge >= 0.3 is 0 Å². The zero-order valence-corrected chi connectivity index (χ0v) is 10.5. The highest BCUT2D eigenvalue weighted by Gasteiger charge is 2.41. The van der Waals surface area contributed by atoms with E-state index in [0.717, 1.165) is 11.8 Å². The molecule has 0 saturated heterocycles. The van der Waals surface area contributed by atoms with Gasteiger partial charge in [-0.2, -0.15) is 0 Å². The van der Waals surface area contributed by atoms with E-state index < -0.39 is 6.10 Å². The molecule has 0 bridgehead atoms. The Morgan fingerprint density at radius 1 is 1.22 bits per heavy atom. The van der Waals surface area contributed by atoms with Gasteiger partial charge in [0.1, 0.15) is 5.82 Å². The molecule has 0 radical (unpaired) electrons. The fraction of sp³-hybridized carbons (Fsp3) is 0.600. The molecule has 0 aromatic heterocycles. The number of hydrogen-bond acceptors (Lipinski definition) is 2. The van der Waals surface area contributed by atoms with E-state index in [4.69, 9.17) is 0 Å². The van der Waals surface area contributed by atoms with Crippen LogP contribution in [0.2, 0.25) is 0 Å². The van der Waals surface area contributed by atoms with Crippen molar-refractivity contribution in [3.8, 4) is 0 Å². The van der Waals surface area contributed by atoms with Crippen molar-refractivity contribution in [2.45, 2.75) is 37.8 Å². The smallest absolute Gasteiger partial charge is 0.123 e. The Hall–Kier alpha value is -0.930. The molecule has 3 heteroatoms. The molecular formula is C15H20FNO. The Balaban J connectivity index is 1.55. The van der Waals surface area contributed by atoms with E-state index in [9.17, 15) is 9.50 Å². The molecule has 2 fully saturated rings. The summed E-state index contributed by atoms with van der Waals surface area (Å²) in [6.45, 7) is 0.529. The molecule has 1 aromatic carbocycles. The van der Waals surface area contributed by atoms with Crippen molar-refractivity contribution in [1.82, 2.24) is 5.32 Å². The minimum Gasteiger partial charge on any atom is -0.387 e. The monoisotopic (exact) mass is 249 g/mol. The van der Waals surface area contributed by atoms with Gasteiger partial charge in [0.2, 0.25) is 0 Å². The number of aliphatic hydroxyl groups is 1. The van der Waals surface area contributed by atoms with Crippen molar-refractivity contribution >= 4 is 0 Å². The first kappa shape index (κ1) is 12.1. The first-order valence-electron chi connectivity index (χ1n) is 6.91. The third kappa shape index (κ3) is 2.90. The lowest BCUT2D eigenvalue weighted by Crippen LogP contribution is -2.36. The molecule has 98 valence electrons. The highest BCUT2D eigenvalue weighted by Crippen LogP contribution is 2.44. The van der Waals surface area contributed by atoms with Gasteiger partial charge in [-0.25, -0.2) is 4.39 Å². The number of rotatable bonds is 6. The summed E-state index contributed by atoms with van der Waals surface area (Å²) in [4.78, 5) is 0. The van der Waals surface area contributed by atoms with E-state index in [1.165, 1.54) is 37.8 Å². The molecule has 2 N–H and O–H groups in total. The molecule has 0 amide bonds. The molecule has 3 rings (SSSR count). The van der Waals surface area contributed by atoms with Crippen molar-refractivity contribution < 1.29 is 9.50 Å². The normalized spacial score (nSPS) is 21.3. The Bertz CT molecular complexity index is 403. The van der Waals surface area contributed by atoms with Gasteiger partial charge in [0.15, 0.2) is 0 Å². The van der Waals surface area contributed by atoms with Gasteiger partial charge in [0.05, 0.1) is 6.10 Å².